The Morgan fingerprint density at radius 2 is 1.86 bits per heavy atom. The number of hydrogen-bond donors (Lipinski definition) is 1. The van der Waals surface area contributed by atoms with Gasteiger partial charge in [-0.25, -0.2) is 0 Å². The van der Waals surface area contributed by atoms with Crippen molar-refractivity contribution in [1.29, 1.82) is 0 Å². The first-order valence-corrected chi connectivity index (χ1v) is 3.98. The van der Waals surface area contributed by atoms with E-state index in [2.05, 4.69) is 10.1 Å². The first-order valence-electron chi connectivity index (χ1n) is 3.61. The molecule has 0 aliphatic heterocycles. The van der Waals surface area contributed by atoms with Gasteiger partial charge in [-0.1, -0.05) is 11.6 Å². The Kier molecular flexibility index (Phi) is 3.33. The lowest BCUT2D eigenvalue weighted by Crippen LogP contribution is -1.85. The zero-order chi connectivity index (χ0) is 9.26. The van der Waals surface area contributed by atoms with Gasteiger partial charge < -0.3 is 10.3 Å². The Hall–Kier alpha value is -1.26. The molecule has 0 radical (unpaired) electrons. The van der Waals surface area contributed by atoms with Gasteiger partial charge in [0.15, 0.2) is 0 Å². The van der Waals surface area contributed by atoms with E-state index < -0.39 is 0 Å². The highest BCUT2D eigenvalue weighted by Crippen LogP contribution is 2.19. The second-order valence-electron chi connectivity index (χ2n) is 2.46. The molecule has 0 atom stereocenters. The number of anilines is 1. The minimum Gasteiger partial charge on any atom is -0.365 e. The van der Waals surface area contributed by atoms with Crippen LogP contribution in [0.1, 0.15) is 0 Å². The van der Waals surface area contributed by atoms with E-state index in [1.165, 1.54) is 0 Å². The fourth-order valence-electron chi connectivity index (χ4n) is 0.945. The zero-order valence-corrected chi connectivity index (χ0v) is 8.55. The maximum atomic E-state index is 5.71. The molecule has 0 spiro atoms. The van der Waals surface area contributed by atoms with Gasteiger partial charge in [-0.15, -0.1) is 12.4 Å². The molecule has 2 rings (SSSR count). The van der Waals surface area contributed by atoms with Gasteiger partial charge in [-0.3, -0.25) is 0 Å². The van der Waals surface area contributed by atoms with Crippen molar-refractivity contribution in [2.24, 2.45) is 0 Å². The number of nitrogens with two attached hydrogens (primary N) is 1. The van der Waals surface area contributed by atoms with E-state index in [4.69, 9.17) is 21.9 Å². The Bertz CT molecular complexity index is 413. The predicted octanol–water partition coefficient (Wildman–Crippen LogP) is 2.39. The van der Waals surface area contributed by atoms with Crippen LogP contribution in [0.25, 0.3) is 11.5 Å². The van der Waals surface area contributed by atoms with Gasteiger partial charge in [-0.2, -0.15) is 4.98 Å². The average Bonchev–Trinajstić information content (AvgIpc) is 2.53. The largest absolute Gasteiger partial charge is 0.365 e. The summed E-state index contributed by atoms with van der Waals surface area (Å²) < 4.78 is 4.86. The highest BCUT2D eigenvalue weighted by atomic mass is 35.5. The van der Waals surface area contributed by atoms with Crippen LogP contribution in [0.5, 0.6) is 0 Å². The van der Waals surface area contributed by atoms with Crippen LogP contribution in [0.3, 0.4) is 0 Å². The third kappa shape index (κ3) is 2.16. The first kappa shape index (κ1) is 10.8. The Labute approximate surface area is 91.5 Å². The van der Waals surface area contributed by atoms with Crippen LogP contribution < -0.4 is 5.73 Å². The minimum atomic E-state index is 0. The smallest absolute Gasteiger partial charge is 0.261 e. The van der Waals surface area contributed by atoms with E-state index in [1.807, 2.05) is 0 Å². The van der Waals surface area contributed by atoms with Crippen LogP contribution in [-0.4, -0.2) is 10.1 Å². The van der Waals surface area contributed by atoms with Crippen LogP contribution in [0.15, 0.2) is 28.8 Å². The molecular formula is C8H7Cl2N3O. The van der Waals surface area contributed by atoms with Gasteiger partial charge in [0.05, 0.1) is 0 Å². The Morgan fingerprint density at radius 3 is 2.36 bits per heavy atom. The molecule has 1 aromatic carbocycles. The molecule has 0 aliphatic carbocycles. The third-order valence-corrected chi connectivity index (χ3v) is 1.78. The van der Waals surface area contributed by atoms with Crippen LogP contribution in [0.2, 0.25) is 5.02 Å². The van der Waals surface area contributed by atoms with Crippen molar-refractivity contribution < 1.29 is 4.52 Å². The minimum absolute atomic E-state index is 0. The van der Waals surface area contributed by atoms with Crippen molar-refractivity contribution in [3.63, 3.8) is 0 Å². The lowest BCUT2D eigenvalue weighted by atomic mass is 10.2. The number of rotatable bonds is 1. The topological polar surface area (TPSA) is 64.9 Å². The van der Waals surface area contributed by atoms with E-state index in [0.29, 0.717) is 10.9 Å². The van der Waals surface area contributed by atoms with Gasteiger partial charge in [-0.05, 0) is 29.4 Å². The molecule has 0 saturated carbocycles. The fourth-order valence-corrected chi connectivity index (χ4v) is 1.07. The molecule has 0 saturated heterocycles. The third-order valence-electron chi connectivity index (χ3n) is 1.53. The van der Waals surface area contributed by atoms with Gasteiger partial charge in [0, 0.05) is 10.6 Å². The molecule has 2 aromatic rings. The van der Waals surface area contributed by atoms with Crippen molar-refractivity contribution in [3.05, 3.63) is 29.3 Å². The maximum absolute atomic E-state index is 5.71. The Morgan fingerprint density at radius 1 is 1.21 bits per heavy atom. The molecule has 0 unspecified atom stereocenters. The number of nitrogen functional groups attached to an aromatic ring is 1. The molecule has 0 bridgehead atoms. The SMILES string of the molecule is Cl.Nc1noc(-c2ccc(Cl)cc2)n1. The van der Waals surface area contributed by atoms with Gasteiger partial charge >= 0.3 is 0 Å². The Balaban J connectivity index is 0.000000980. The summed E-state index contributed by atoms with van der Waals surface area (Å²) >= 11 is 5.71. The van der Waals surface area contributed by atoms with Crippen molar-refractivity contribution in [3.8, 4) is 11.5 Å². The molecule has 14 heavy (non-hydrogen) atoms. The van der Waals surface area contributed by atoms with Crippen molar-refractivity contribution in [1.82, 2.24) is 10.1 Å². The molecule has 6 heteroatoms. The van der Waals surface area contributed by atoms with E-state index in [1.54, 1.807) is 24.3 Å². The van der Waals surface area contributed by atoms with Crippen LogP contribution in [0.4, 0.5) is 5.95 Å². The van der Waals surface area contributed by atoms with E-state index >= 15 is 0 Å². The number of aromatic nitrogens is 2. The highest BCUT2D eigenvalue weighted by Gasteiger charge is 2.05. The fraction of sp³-hybridized carbons (Fsp3) is 0. The molecule has 1 aromatic heterocycles. The molecule has 1 heterocycles. The van der Waals surface area contributed by atoms with E-state index in [9.17, 15) is 0 Å². The van der Waals surface area contributed by atoms with Crippen LogP contribution in [-0.2, 0) is 0 Å². The summed E-state index contributed by atoms with van der Waals surface area (Å²) in [4.78, 5) is 3.87. The summed E-state index contributed by atoms with van der Waals surface area (Å²) in [7, 11) is 0. The summed E-state index contributed by atoms with van der Waals surface area (Å²) in [5.74, 6) is 0.527. The predicted molar refractivity (Wildman–Crippen MR) is 56.4 cm³/mol. The molecule has 4 nitrogen and oxygen atoms in total. The van der Waals surface area contributed by atoms with E-state index in [0.717, 1.165) is 5.56 Å². The second-order valence-corrected chi connectivity index (χ2v) is 2.90. The standard InChI is InChI=1S/C8H6ClN3O.ClH/c9-6-3-1-5(2-4-6)7-11-8(10)12-13-7;/h1-4H,(H2,10,12);1H. The normalized spacial score (nSPS) is 9.50. The molecule has 0 fully saturated rings. The second kappa shape index (κ2) is 4.30. The quantitative estimate of drug-likeness (QED) is 0.819. The van der Waals surface area contributed by atoms with Crippen molar-refractivity contribution in [2.75, 3.05) is 5.73 Å². The molecule has 74 valence electrons. The summed E-state index contributed by atoms with van der Waals surface area (Å²) in [6.07, 6.45) is 0. The number of halogens is 2. The lowest BCUT2D eigenvalue weighted by molar-refractivity contribution is 0.433. The van der Waals surface area contributed by atoms with E-state index in [-0.39, 0.29) is 18.4 Å². The summed E-state index contributed by atoms with van der Waals surface area (Å²) in [6, 6.07) is 7.07. The van der Waals surface area contributed by atoms with Gasteiger partial charge in [0.1, 0.15) is 0 Å². The van der Waals surface area contributed by atoms with Crippen molar-refractivity contribution >= 4 is 30.0 Å². The van der Waals surface area contributed by atoms with Crippen LogP contribution in [0, 0.1) is 0 Å². The summed E-state index contributed by atoms with van der Waals surface area (Å²) in [5.41, 5.74) is 6.10. The first-order chi connectivity index (χ1) is 6.25. The summed E-state index contributed by atoms with van der Waals surface area (Å²) in [5, 5.41) is 4.14. The number of nitrogens with zero attached hydrogens (tertiary/aromatic N) is 2. The van der Waals surface area contributed by atoms with Gasteiger partial charge in [0.2, 0.25) is 0 Å². The van der Waals surface area contributed by atoms with Crippen molar-refractivity contribution in [2.45, 2.75) is 0 Å². The molecular weight excluding hydrogens is 225 g/mol. The lowest BCUT2D eigenvalue weighted by Gasteiger charge is -1.92. The molecule has 0 aliphatic rings. The van der Waals surface area contributed by atoms with Gasteiger partial charge in [0.25, 0.3) is 11.8 Å². The number of hydrogen-bond acceptors (Lipinski definition) is 4. The summed E-state index contributed by atoms with van der Waals surface area (Å²) in [6.45, 7) is 0. The number of benzene rings is 1. The zero-order valence-electron chi connectivity index (χ0n) is 6.98. The molecule has 0 amide bonds. The maximum Gasteiger partial charge on any atom is 0.261 e. The highest BCUT2D eigenvalue weighted by molar-refractivity contribution is 6.30. The average molecular weight is 232 g/mol. The monoisotopic (exact) mass is 231 g/mol. The molecule has 2 N–H and O–H groups in total. The van der Waals surface area contributed by atoms with Crippen LogP contribution >= 0.6 is 24.0 Å².